The molecule has 1 aromatic carbocycles. The van der Waals surface area contributed by atoms with Crippen molar-refractivity contribution in [3.8, 4) is 5.75 Å². The van der Waals surface area contributed by atoms with Gasteiger partial charge in [-0.15, -0.1) is 0 Å². The van der Waals surface area contributed by atoms with Crippen LogP contribution in [-0.2, 0) is 4.74 Å². The van der Waals surface area contributed by atoms with Crippen LogP contribution in [0.4, 0.5) is 0 Å². The second-order valence-electron chi connectivity index (χ2n) is 6.85. The number of hydrogen-bond donors (Lipinski definition) is 1. The minimum Gasteiger partial charge on any atom is -0.497 e. The largest absolute Gasteiger partial charge is 0.497 e. The predicted molar refractivity (Wildman–Crippen MR) is 96.6 cm³/mol. The lowest BCUT2D eigenvalue weighted by atomic mass is 10.1. The maximum Gasteiger partial charge on any atom is 0.254 e. The zero-order chi connectivity index (χ0) is 18.1. The molecule has 4 rings (SSSR count). The van der Waals surface area contributed by atoms with Crippen LogP contribution < -0.4 is 10.3 Å². The summed E-state index contributed by atoms with van der Waals surface area (Å²) in [7, 11) is 1.63. The van der Waals surface area contributed by atoms with Crippen molar-refractivity contribution in [2.24, 2.45) is 0 Å². The Hall–Kier alpha value is -2.60. The Morgan fingerprint density at radius 3 is 2.88 bits per heavy atom. The van der Waals surface area contributed by atoms with E-state index >= 15 is 0 Å². The number of aromatic nitrogens is 1. The number of nitrogens with one attached hydrogen (secondary N) is 1. The van der Waals surface area contributed by atoms with Crippen LogP contribution in [0.3, 0.4) is 0 Å². The van der Waals surface area contributed by atoms with Gasteiger partial charge in [-0.3, -0.25) is 9.59 Å². The van der Waals surface area contributed by atoms with E-state index in [1.807, 2.05) is 30.3 Å². The third-order valence-electron chi connectivity index (χ3n) is 4.95. The fraction of sp³-hybridized carbons (Fsp3) is 0.400. The van der Waals surface area contributed by atoms with E-state index in [1.165, 1.54) is 6.07 Å². The molecule has 2 aromatic rings. The lowest BCUT2D eigenvalue weighted by Gasteiger charge is -2.33. The van der Waals surface area contributed by atoms with Crippen LogP contribution in [0.1, 0.15) is 46.5 Å². The van der Waals surface area contributed by atoms with Gasteiger partial charge in [0.05, 0.1) is 20.3 Å². The number of hydrogen-bond acceptors (Lipinski definition) is 4. The molecule has 1 aromatic heterocycles. The van der Waals surface area contributed by atoms with E-state index in [9.17, 15) is 9.59 Å². The number of ether oxygens (including phenoxy) is 2. The molecule has 2 aliphatic rings. The van der Waals surface area contributed by atoms with Gasteiger partial charge in [0.25, 0.3) is 5.91 Å². The third kappa shape index (κ3) is 3.51. The zero-order valence-electron chi connectivity index (χ0n) is 14.7. The molecule has 6 nitrogen and oxygen atoms in total. The fourth-order valence-electron chi connectivity index (χ4n) is 3.36. The average Bonchev–Trinajstić information content (AvgIpc) is 3.52. The van der Waals surface area contributed by atoms with Gasteiger partial charge in [-0.2, -0.15) is 0 Å². The Morgan fingerprint density at radius 1 is 1.27 bits per heavy atom. The van der Waals surface area contributed by atoms with Crippen LogP contribution in [0.25, 0.3) is 0 Å². The Kier molecular flexibility index (Phi) is 4.51. The molecule has 1 aliphatic carbocycles. The average molecular weight is 354 g/mol. The first-order chi connectivity index (χ1) is 12.6. The summed E-state index contributed by atoms with van der Waals surface area (Å²) in [5.74, 6) is 1.04. The van der Waals surface area contributed by atoms with E-state index in [4.69, 9.17) is 9.47 Å². The second-order valence-corrected chi connectivity index (χ2v) is 6.85. The Labute approximate surface area is 151 Å². The topological polar surface area (TPSA) is 71.6 Å². The summed E-state index contributed by atoms with van der Waals surface area (Å²) < 4.78 is 11.1. The minimum absolute atomic E-state index is 0.116. The minimum atomic E-state index is -0.213. The first kappa shape index (κ1) is 16.8. The number of H-pyrrole nitrogens is 1. The molecule has 1 saturated heterocycles. The number of aromatic amines is 1. The van der Waals surface area contributed by atoms with E-state index < -0.39 is 0 Å². The number of methoxy groups -OCH3 is 1. The number of carbonyl (C=O) groups excluding carboxylic acids is 1. The van der Waals surface area contributed by atoms with E-state index in [2.05, 4.69) is 4.98 Å². The van der Waals surface area contributed by atoms with Crippen molar-refractivity contribution in [1.82, 2.24) is 9.88 Å². The van der Waals surface area contributed by atoms with Gasteiger partial charge in [0.2, 0.25) is 5.56 Å². The Balaban J connectivity index is 1.54. The van der Waals surface area contributed by atoms with Crippen LogP contribution in [0, 0.1) is 0 Å². The first-order valence-electron chi connectivity index (χ1n) is 8.93. The number of rotatable bonds is 4. The highest BCUT2D eigenvalue weighted by molar-refractivity contribution is 5.94. The zero-order valence-corrected chi connectivity index (χ0v) is 14.7. The summed E-state index contributed by atoms with van der Waals surface area (Å²) in [4.78, 5) is 29.5. The van der Waals surface area contributed by atoms with Crippen LogP contribution in [0.2, 0.25) is 0 Å². The SMILES string of the molecule is COc1cccc([C@H]2CN(C(=O)c3cc(C4CC4)[nH]c(=O)c3)CCO2)c1. The lowest BCUT2D eigenvalue weighted by molar-refractivity contribution is -0.0229. The van der Waals surface area contributed by atoms with Crippen molar-refractivity contribution < 1.29 is 14.3 Å². The number of benzene rings is 1. The van der Waals surface area contributed by atoms with E-state index in [0.717, 1.165) is 29.8 Å². The molecule has 1 atom stereocenters. The number of amides is 1. The van der Waals surface area contributed by atoms with Crippen molar-refractivity contribution in [1.29, 1.82) is 0 Å². The molecule has 26 heavy (non-hydrogen) atoms. The molecule has 1 aliphatic heterocycles. The molecule has 2 fully saturated rings. The van der Waals surface area contributed by atoms with Crippen LogP contribution >= 0.6 is 0 Å². The highest BCUT2D eigenvalue weighted by Crippen LogP contribution is 2.38. The molecule has 1 N–H and O–H groups in total. The summed E-state index contributed by atoms with van der Waals surface area (Å²) in [5, 5.41) is 0. The van der Waals surface area contributed by atoms with Gasteiger partial charge in [-0.1, -0.05) is 12.1 Å². The Bertz CT molecular complexity index is 872. The van der Waals surface area contributed by atoms with Crippen molar-refractivity contribution in [2.45, 2.75) is 24.9 Å². The van der Waals surface area contributed by atoms with Crippen LogP contribution in [0.5, 0.6) is 5.75 Å². The normalized spacial score (nSPS) is 20.0. The van der Waals surface area contributed by atoms with E-state index in [0.29, 0.717) is 31.2 Å². The molecule has 1 amide bonds. The van der Waals surface area contributed by atoms with E-state index in [1.54, 1.807) is 12.0 Å². The maximum absolute atomic E-state index is 12.9. The first-order valence-corrected chi connectivity index (χ1v) is 8.93. The van der Waals surface area contributed by atoms with Gasteiger partial charge in [-0.05, 0) is 42.5 Å². The predicted octanol–water partition coefficient (Wildman–Crippen LogP) is 2.47. The van der Waals surface area contributed by atoms with Crippen molar-refractivity contribution in [3.05, 3.63) is 63.6 Å². The van der Waals surface area contributed by atoms with Crippen LogP contribution in [0.15, 0.2) is 41.2 Å². The monoisotopic (exact) mass is 354 g/mol. The molecule has 0 unspecified atom stereocenters. The van der Waals surface area contributed by atoms with Crippen molar-refractivity contribution in [3.63, 3.8) is 0 Å². The molecule has 0 radical (unpaired) electrons. The third-order valence-corrected chi connectivity index (χ3v) is 4.95. The quantitative estimate of drug-likeness (QED) is 0.916. The molecular weight excluding hydrogens is 332 g/mol. The summed E-state index contributed by atoms with van der Waals surface area (Å²) in [6.07, 6.45) is 1.94. The van der Waals surface area contributed by atoms with E-state index in [-0.39, 0.29) is 17.6 Å². The summed E-state index contributed by atoms with van der Waals surface area (Å²) >= 11 is 0. The summed E-state index contributed by atoms with van der Waals surface area (Å²) in [6.45, 7) is 1.44. The molecule has 6 heteroatoms. The van der Waals surface area contributed by atoms with Gasteiger partial charge in [0.1, 0.15) is 11.9 Å². The van der Waals surface area contributed by atoms with Crippen LogP contribution in [-0.4, -0.2) is 42.6 Å². The standard InChI is InChI=1S/C20H22N2O4/c1-25-16-4-2-3-14(9-16)18-12-22(7-8-26-18)20(24)15-10-17(13-5-6-13)21-19(23)11-15/h2-4,9-11,13,18H,5-8,12H2,1H3,(H,21,23)/t18-/m1/s1. The lowest BCUT2D eigenvalue weighted by Crippen LogP contribution is -2.42. The van der Waals surface area contributed by atoms with Gasteiger partial charge in [-0.25, -0.2) is 0 Å². The number of carbonyl (C=O) groups is 1. The van der Waals surface area contributed by atoms with Gasteiger partial charge >= 0.3 is 0 Å². The molecule has 136 valence electrons. The van der Waals surface area contributed by atoms with Gasteiger partial charge in [0.15, 0.2) is 0 Å². The number of pyridine rings is 1. The summed E-state index contributed by atoms with van der Waals surface area (Å²) in [5.41, 5.74) is 2.10. The maximum atomic E-state index is 12.9. The highest BCUT2D eigenvalue weighted by Gasteiger charge is 2.29. The smallest absolute Gasteiger partial charge is 0.254 e. The number of nitrogens with zero attached hydrogens (tertiary/aromatic N) is 1. The second kappa shape index (κ2) is 6.96. The van der Waals surface area contributed by atoms with Gasteiger partial charge in [0, 0.05) is 23.9 Å². The van der Waals surface area contributed by atoms with Crippen molar-refractivity contribution >= 4 is 5.91 Å². The van der Waals surface area contributed by atoms with Gasteiger partial charge < -0.3 is 19.4 Å². The Morgan fingerprint density at radius 2 is 2.12 bits per heavy atom. The molecule has 2 heterocycles. The molecule has 0 bridgehead atoms. The molecule has 0 spiro atoms. The van der Waals surface area contributed by atoms with Crippen molar-refractivity contribution in [2.75, 3.05) is 26.8 Å². The highest BCUT2D eigenvalue weighted by atomic mass is 16.5. The fourth-order valence-corrected chi connectivity index (χ4v) is 3.36. The molecular formula is C20H22N2O4. The molecule has 1 saturated carbocycles. The number of morpholine rings is 1. The summed E-state index contributed by atoms with van der Waals surface area (Å²) in [6, 6.07) is 10.9.